The van der Waals surface area contributed by atoms with Crippen LogP contribution in [0, 0.1) is 6.92 Å². The molecule has 1 N–H and O–H groups in total. The summed E-state index contributed by atoms with van der Waals surface area (Å²) in [6, 6.07) is 1.38. The fourth-order valence-electron chi connectivity index (χ4n) is 2.82. The van der Waals surface area contributed by atoms with Crippen LogP contribution >= 0.6 is 11.3 Å². The van der Waals surface area contributed by atoms with Gasteiger partial charge >= 0.3 is 0 Å². The zero-order valence-electron chi connectivity index (χ0n) is 10.9. The van der Waals surface area contributed by atoms with E-state index < -0.39 is 0 Å². The summed E-state index contributed by atoms with van der Waals surface area (Å²) >= 11 is 1.82. The first-order valence-corrected chi connectivity index (χ1v) is 7.37. The molecule has 1 saturated heterocycles. The Hall–Kier alpha value is -0.450. The van der Waals surface area contributed by atoms with Crippen LogP contribution in [-0.4, -0.2) is 35.6 Å². The van der Waals surface area contributed by atoms with Gasteiger partial charge in [0.15, 0.2) is 0 Å². The topological polar surface area (TPSA) is 28.2 Å². The van der Waals surface area contributed by atoms with Crippen LogP contribution in [0.4, 0.5) is 0 Å². The van der Waals surface area contributed by atoms with Gasteiger partial charge in [-0.1, -0.05) is 0 Å². The number of nitrogens with zero attached hydrogens (tertiary/aromatic N) is 2. The van der Waals surface area contributed by atoms with Gasteiger partial charge in [0.05, 0.1) is 5.54 Å². The summed E-state index contributed by atoms with van der Waals surface area (Å²) in [4.78, 5) is 7.19. The van der Waals surface area contributed by atoms with E-state index in [9.17, 15) is 0 Å². The lowest BCUT2D eigenvalue weighted by molar-refractivity contribution is 0.297. The highest BCUT2D eigenvalue weighted by molar-refractivity contribution is 7.09. The van der Waals surface area contributed by atoms with Gasteiger partial charge in [0.25, 0.3) is 0 Å². The van der Waals surface area contributed by atoms with Crippen LogP contribution in [0.5, 0.6) is 0 Å². The number of likely N-dealkylation sites (N-methyl/N-ethyl adjacent to an activating group) is 1. The van der Waals surface area contributed by atoms with Gasteiger partial charge in [-0.05, 0) is 40.2 Å². The van der Waals surface area contributed by atoms with Gasteiger partial charge in [-0.3, -0.25) is 0 Å². The standard InChI is InChI=1S/C13H21N3S/c1-9-7-17-12(14-9)13(15-11-4-5-11)6-10(2)16(3)8-13/h7,10-11,15H,4-6,8H2,1-3H3. The minimum atomic E-state index is 0.119. The molecule has 1 aliphatic heterocycles. The molecule has 0 bridgehead atoms. The molecule has 2 unspecified atom stereocenters. The Labute approximate surface area is 107 Å². The Kier molecular flexibility index (Phi) is 2.76. The normalized spacial score (nSPS) is 34.4. The van der Waals surface area contributed by atoms with E-state index in [0.717, 1.165) is 18.3 Å². The van der Waals surface area contributed by atoms with Crippen molar-refractivity contribution in [3.8, 4) is 0 Å². The lowest BCUT2D eigenvalue weighted by Crippen LogP contribution is -2.45. The minimum absolute atomic E-state index is 0.119. The van der Waals surface area contributed by atoms with E-state index in [2.05, 4.69) is 36.5 Å². The zero-order valence-corrected chi connectivity index (χ0v) is 11.7. The molecule has 2 atom stereocenters. The van der Waals surface area contributed by atoms with Crippen molar-refractivity contribution in [2.45, 2.75) is 50.7 Å². The molecule has 0 spiro atoms. The van der Waals surface area contributed by atoms with Gasteiger partial charge in [-0.15, -0.1) is 11.3 Å². The molecular formula is C13H21N3S. The van der Waals surface area contributed by atoms with Crippen molar-refractivity contribution >= 4 is 11.3 Å². The third-order valence-corrected chi connectivity index (χ3v) is 5.17. The van der Waals surface area contributed by atoms with Gasteiger partial charge in [0, 0.05) is 29.7 Å². The van der Waals surface area contributed by atoms with E-state index in [-0.39, 0.29) is 5.54 Å². The van der Waals surface area contributed by atoms with E-state index in [1.54, 1.807) is 0 Å². The molecule has 94 valence electrons. The molecule has 1 aromatic heterocycles. The summed E-state index contributed by atoms with van der Waals surface area (Å²) in [6.45, 7) is 5.50. The van der Waals surface area contributed by atoms with Crippen molar-refractivity contribution in [2.24, 2.45) is 0 Å². The highest BCUT2D eigenvalue weighted by Crippen LogP contribution is 2.39. The average molecular weight is 251 g/mol. The van der Waals surface area contributed by atoms with Crippen molar-refractivity contribution < 1.29 is 0 Å². The van der Waals surface area contributed by atoms with Crippen molar-refractivity contribution in [2.75, 3.05) is 13.6 Å². The average Bonchev–Trinajstić information content (AvgIpc) is 2.88. The summed E-state index contributed by atoms with van der Waals surface area (Å²) in [5, 5.41) is 7.33. The van der Waals surface area contributed by atoms with Crippen molar-refractivity contribution in [3.05, 3.63) is 16.1 Å². The molecule has 4 heteroatoms. The van der Waals surface area contributed by atoms with Crippen molar-refractivity contribution in [1.29, 1.82) is 0 Å². The van der Waals surface area contributed by atoms with E-state index in [1.165, 1.54) is 24.3 Å². The largest absolute Gasteiger partial charge is 0.301 e. The van der Waals surface area contributed by atoms with Crippen molar-refractivity contribution in [1.82, 2.24) is 15.2 Å². The second-order valence-electron chi connectivity index (χ2n) is 5.76. The molecule has 17 heavy (non-hydrogen) atoms. The molecule has 1 aliphatic carbocycles. The summed E-state index contributed by atoms with van der Waals surface area (Å²) < 4.78 is 0. The Bertz CT molecular complexity index is 395. The molecule has 1 aromatic rings. The van der Waals surface area contributed by atoms with E-state index in [4.69, 9.17) is 4.98 Å². The molecule has 1 saturated carbocycles. The maximum absolute atomic E-state index is 4.74. The molecule has 2 aliphatic rings. The predicted octanol–water partition coefficient (Wildman–Crippen LogP) is 2.12. The fraction of sp³-hybridized carbons (Fsp3) is 0.769. The van der Waals surface area contributed by atoms with Crippen LogP contribution in [0.15, 0.2) is 5.38 Å². The molecule has 0 radical (unpaired) electrons. The molecule has 0 amide bonds. The van der Waals surface area contributed by atoms with Crippen LogP contribution in [0.25, 0.3) is 0 Å². The van der Waals surface area contributed by atoms with Gasteiger partial charge in [0.2, 0.25) is 0 Å². The Morgan fingerprint density at radius 1 is 1.53 bits per heavy atom. The Morgan fingerprint density at radius 2 is 2.29 bits per heavy atom. The van der Waals surface area contributed by atoms with Crippen LogP contribution in [0.1, 0.15) is 36.9 Å². The number of hydrogen-bond donors (Lipinski definition) is 1. The maximum atomic E-state index is 4.74. The lowest BCUT2D eigenvalue weighted by atomic mass is 9.96. The first-order valence-electron chi connectivity index (χ1n) is 6.50. The zero-order chi connectivity index (χ0) is 12.0. The molecule has 0 aromatic carbocycles. The molecule has 3 rings (SSSR count). The molecule has 2 fully saturated rings. The monoisotopic (exact) mass is 251 g/mol. The van der Waals surface area contributed by atoms with Crippen molar-refractivity contribution in [3.63, 3.8) is 0 Å². The number of aryl methyl sites for hydroxylation is 1. The number of likely N-dealkylation sites (tertiary alicyclic amines) is 1. The molecule has 3 nitrogen and oxygen atoms in total. The number of rotatable bonds is 3. The fourth-order valence-corrected chi connectivity index (χ4v) is 3.78. The minimum Gasteiger partial charge on any atom is -0.301 e. The summed E-state index contributed by atoms with van der Waals surface area (Å²) in [5.74, 6) is 0. The second-order valence-corrected chi connectivity index (χ2v) is 6.62. The third-order valence-electron chi connectivity index (χ3n) is 4.00. The van der Waals surface area contributed by atoms with Gasteiger partial charge in [0.1, 0.15) is 5.01 Å². The first-order chi connectivity index (χ1) is 8.09. The lowest BCUT2D eigenvalue weighted by Gasteiger charge is -2.28. The van der Waals surface area contributed by atoms with Gasteiger partial charge < -0.3 is 10.2 Å². The molecule has 2 heterocycles. The number of thiazole rings is 1. The second kappa shape index (κ2) is 4.04. The van der Waals surface area contributed by atoms with E-state index in [1.807, 2.05) is 11.3 Å². The van der Waals surface area contributed by atoms with Crippen LogP contribution in [0.2, 0.25) is 0 Å². The number of hydrogen-bond acceptors (Lipinski definition) is 4. The smallest absolute Gasteiger partial charge is 0.114 e. The van der Waals surface area contributed by atoms with E-state index >= 15 is 0 Å². The highest BCUT2D eigenvalue weighted by atomic mass is 32.1. The third kappa shape index (κ3) is 2.14. The summed E-state index contributed by atoms with van der Waals surface area (Å²) in [7, 11) is 2.22. The van der Waals surface area contributed by atoms with Crippen LogP contribution in [-0.2, 0) is 5.54 Å². The number of nitrogens with one attached hydrogen (secondary N) is 1. The molecular weight excluding hydrogens is 230 g/mol. The predicted molar refractivity (Wildman–Crippen MR) is 71.4 cm³/mol. The Balaban J connectivity index is 1.90. The summed E-state index contributed by atoms with van der Waals surface area (Å²) in [5.41, 5.74) is 1.28. The van der Waals surface area contributed by atoms with Gasteiger partial charge in [-0.2, -0.15) is 0 Å². The first kappa shape index (κ1) is 11.6. The van der Waals surface area contributed by atoms with Gasteiger partial charge in [-0.25, -0.2) is 4.98 Å². The van der Waals surface area contributed by atoms with Crippen LogP contribution in [0.3, 0.4) is 0 Å². The highest BCUT2D eigenvalue weighted by Gasteiger charge is 2.46. The summed E-state index contributed by atoms with van der Waals surface area (Å²) in [6.07, 6.45) is 3.86. The maximum Gasteiger partial charge on any atom is 0.114 e. The number of aromatic nitrogens is 1. The quantitative estimate of drug-likeness (QED) is 0.892. The SMILES string of the molecule is Cc1csc(C2(NC3CC3)CC(C)N(C)C2)n1. The van der Waals surface area contributed by atoms with Crippen LogP contribution < -0.4 is 5.32 Å². The van der Waals surface area contributed by atoms with E-state index in [0.29, 0.717) is 6.04 Å². The Morgan fingerprint density at radius 3 is 2.76 bits per heavy atom.